The monoisotopic (exact) mass is 174 g/mol. The Kier molecular flexibility index (Phi) is 1.65. The SMILES string of the molecule is Cc1cc(=O)[nH]c2ccnc(C)c12. The van der Waals surface area contributed by atoms with E-state index in [0.717, 1.165) is 22.2 Å². The average Bonchev–Trinajstić information content (AvgIpc) is 2.02. The molecule has 2 rings (SSSR count). The van der Waals surface area contributed by atoms with E-state index in [-0.39, 0.29) is 5.56 Å². The summed E-state index contributed by atoms with van der Waals surface area (Å²) in [5.41, 5.74) is 2.73. The van der Waals surface area contributed by atoms with Gasteiger partial charge in [-0.2, -0.15) is 0 Å². The second kappa shape index (κ2) is 2.69. The fourth-order valence-corrected chi connectivity index (χ4v) is 1.61. The first-order chi connectivity index (χ1) is 6.18. The van der Waals surface area contributed by atoms with E-state index in [0.29, 0.717) is 0 Å². The molecule has 13 heavy (non-hydrogen) atoms. The number of fused-ring (bicyclic) bond motifs is 1. The fourth-order valence-electron chi connectivity index (χ4n) is 1.61. The summed E-state index contributed by atoms with van der Waals surface area (Å²) in [7, 11) is 0. The molecular formula is C10H10N2O. The maximum atomic E-state index is 11.1. The first-order valence-electron chi connectivity index (χ1n) is 4.14. The molecule has 0 spiro atoms. The molecule has 1 N–H and O–H groups in total. The Morgan fingerprint density at radius 3 is 2.92 bits per heavy atom. The molecule has 0 aliphatic rings. The van der Waals surface area contributed by atoms with Crippen LogP contribution in [-0.2, 0) is 0 Å². The maximum Gasteiger partial charge on any atom is 0.248 e. The number of pyridine rings is 2. The lowest BCUT2D eigenvalue weighted by atomic mass is 10.1. The Bertz CT molecular complexity index is 514. The first kappa shape index (κ1) is 7.98. The second-order valence-corrected chi connectivity index (χ2v) is 3.14. The summed E-state index contributed by atoms with van der Waals surface area (Å²) in [5.74, 6) is 0. The van der Waals surface area contributed by atoms with Gasteiger partial charge >= 0.3 is 0 Å². The highest BCUT2D eigenvalue weighted by atomic mass is 16.1. The molecule has 66 valence electrons. The van der Waals surface area contributed by atoms with Crippen molar-refractivity contribution < 1.29 is 0 Å². The van der Waals surface area contributed by atoms with Gasteiger partial charge in [-0.1, -0.05) is 0 Å². The molecular weight excluding hydrogens is 164 g/mol. The summed E-state index contributed by atoms with van der Waals surface area (Å²) >= 11 is 0. The quantitative estimate of drug-likeness (QED) is 0.658. The largest absolute Gasteiger partial charge is 0.322 e. The zero-order chi connectivity index (χ0) is 9.42. The zero-order valence-electron chi connectivity index (χ0n) is 7.59. The Labute approximate surface area is 75.4 Å². The predicted octanol–water partition coefficient (Wildman–Crippen LogP) is 1.54. The molecule has 0 amide bonds. The van der Waals surface area contributed by atoms with Crippen LogP contribution in [0.4, 0.5) is 0 Å². The number of aromatic nitrogens is 2. The minimum absolute atomic E-state index is 0.0596. The van der Waals surface area contributed by atoms with Crippen molar-refractivity contribution in [3.63, 3.8) is 0 Å². The predicted molar refractivity (Wildman–Crippen MR) is 51.8 cm³/mol. The summed E-state index contributed by atoms with van der Waals surface area (Å²) in [6.07, 6.45) is 1.70. The highest BCUT2D eigenvalue weighted by Crippen LogP contribution is 2.15. The van der Waals surface area contributed by atoms with Crippen LogP contribution in [0.25, 0.3) is 10.9 Å². The van der Waals surface area contributed by atoms with Crippen LogP contribution < -0.4 is 5.56 Å². The van der Waals surface area contributed by atoms with Crippen molar-refractivity contribution >= 4 is 10.9 Å². The molecule has 0 aliphatic carbocycles. The number of aromatic amines is 1. The number of aryl methyl sites for hydroxylation is 2. The third-order valence-electron chi connectivity index (χ3n) is 2.14. The van der Waals surface area contributed by atoms with Gasteiger partial charge in [0.15, 0.2) is 0 Å². The fraction of sp³-hybridized carbons (Fsp3) is 0.200. The first-order valence-corrected chi connectivity index (χ1v) is 4.14. The van der Waals surface area contributed by atoms with E-state index in [4.69, 9.17) is 0 Å². The molecule has 0 aromatic carbocycles. The van der Waals surface area contributed by atoms with Crippen molar-refractivity contribution in [3.8, 4) is 0 Å². The van der Waals surface area contributed by atoms with Gasteiger partial charge in [-0.25, -0.2) is 0 Å². The Morgan fingerprint density at radius 1 is 1.38 bits per heavy atom. The molecule has 0 aliphatic heterocycles. The van der Waals surface area contributed by atoms with Gasteiger partial charge in [-0.05, 0) is 25.5 Å². The molecule has 3 nitrogen and oxygen atoms in total. The third-order valence-corrected chi connectivity index (χ3v) is 2.14. The summed E-state index contributed by atoms with van der Waals surface area (Å²) in [6.45, 7) is 3.86. The van der Waals surface area contributed by atoms with Crippen LogP contribution in [0.1, 0.15) is 11.3 Å². The van der Waals surface area contributed by atoms with Crippen LogP contribution in [-0.4, -0.2) is 9.97 Å². The number of hydrogen-bond donors (Lipinski definition) is 1. The lowest BCUT2D eigenvalue weighted by Gasteiger charge is -2.02. The van der Waals surface area contributed by atoms with Crippen molar-refractivity contribution in [2.24, 2.45) is 0 Å². The van der Waals surface area contributed by atoms with Crippen LogP contribution in [0.15, 0.2) is 23.1 Å². The standard InChI is InChI=1S/C10H10N2O/c1-6-5-9(13)12-8-3-4-11-7(2)10(6)8/h3-5H,1-2H3,(H,12,13). The number of rotatable bonds is 0. The molecule has 0 radical (unpaired) electrons. The van der Waals surface area contributed by atoms with Gasteiger partial charge in [0.25, 0.3) is 0 Å². The van der Waals surface area contributed by atoms with Crippen LogP contribution in [0, 0.1) is 13.8 Å². The van der Waals surface area contributed by atoms with E-state index < -0.39 is 0 Å². The highest BCUT2D eigenvalue weighted by molar-refractivity contribution is 5.83. The zero-order valence-corrected chi connectivity index (χ0v) is 7.59. The summed E-state index contributed by atoms with van der Waals surface area (Å²) < 4.78 is 0. The molecule has 0 saturated heterocycles. The molecule has 0 unspecified atom stereocenters. The lowest BCUT2D eigenvalue weighted by Crippen LogP contribution is -2.05. The van der Waals surface area contributed by atoms with Crippen LogP contribution in [0.3, 0.4) is 0 Å². The number of hydrogen-bond acceptors (Lipinski definition) is 2. The van der Waals surface area contributed by atoms with Crippen molar-refractivity contribution in [2.75, 3.05) is 0 Å². The van der Waals surface area contributed by atoms with Crippen molar-refractivity contribution in [1.29, 1.82) is 0 Å². The molecule has 2 aromatic rings. The minimum Gasteiger partial charge on any atom is -0.322 e. The maximum absolute atomic E-state index is 11.1. The normalized spacial score (nSPS) is 10.6. The van der Waals surface area contributed by atoms with Gasteiger partial charge in [-0.3, -0.25) is 9.78 Å². The average molecular weight is 174 g/mol. The van der Waals surface area contributed by atoms with Gasteiger partial charge < -0.3 is 4.98 Å². The van der Waals surface area contributed by atoms with Crippen LogP contribution >= 0.6 is 0 Å². The molecule has 3 heteroatoms. The van der Waals surface area contributed by atoms with E-state index >= 15 is 0 Å². The Hall–Kier alpha value is -1.64. The summed E-state index contributed by atoms with van der Waals surface area (Å²) in [4.78, 5) is 18.1. The molecule has 0 fully saturated rings. The smallest absolute Gasteiger partial charge is 0.248 e. The van der Waals surface area contributed by atoms with Crippen molar-refractivity contribution in [3.05, 3.63) is 39.9 Å². The Balaban J connectivity index is 3.03. The molecule has 2 aromatic heterocycles. The minimum atomic E-state index is -0.0596. The van der Waals surface area contributed by atoms with E-state index in [1.54, 1.807) is 12.3 Å². The second-order valence-electron chi connectivity index (χ2n) is 3.14. The van der Waals surface area contributed by atoms with Gasteiger partial charge in [0, 0.05) is 23.3 Å². The molecule has 0 saturated carbocycles. The van der Waals surface area contributed by atoms with Crippen LogP contribution in [0.2, 0.25) is 0 Å². The summed E-state index contributed by atoms with van der Waals surface area (Å²) in [6, 6.07) is 3.41. The van der Waals surface area contributed by atoms with E-state index in [9.17, 15) is 4.79 Å². The Morgan fingerprint density at radius 2 is 2.15 bits per heavy atom. The molecule has 0 bridgehead atoms. The third kappa shape index (κ3) is 1.22. The number of nitrogens with zero attached hydrogens (tertiary/aromatic N) is 1. The highest BCUT2D eigenvalue weighted by Gasteiger charge is 2.01. The molecule has 0 atom stereocenters. The van der Waals surface area contributed by atoms with E-state index in [1.807, 2.05) is 19.9 Å². The molecule has 2 heterocycles. The van der Waals surface area contributed by atoms with Crippen molar-refractivity contribution in [2.45, 2.75) is 13.8 Å². The van der Waals surface area contributed by atoms with Gasteiger partial charge in [0.2, 0.25) is 5.56 Å². The van der Waals surface area contributed by atoms with E-state index in [1.165, 1.54) is 0 Å². The van der Waals surface area contributed by atoms with Gasteiger partial charge in [0.05, 0.1) is 5.52 Å². The number of H-pyrrole nitrogens is 1. The topological polar surface area (TPSA) is 45.8 Å². The lowest BCUT2D eigenvalue weighted by molar-refractivity contribution is 1.19. The van der Waals surface area contributed by atoms with Crippen molar-refractivity contribution in [1.82, 2.24) is 9.97 Å². The van der Waals surface area contributed by atoms with E-state index in [2.05, 4.69) is 9.97 Å². The van der Waals surface area contributed by atoms with Gasteiger partial charge in [-0.15, -0.1) is 0 Å². The number of nitrogens with one attached hydrogen (secondary N) is 1. The van der Waals surface area contributed by atoms with Gasteiger partial charge in [0.1, 0.15) is 0 Å². The summed E-state index contributed by atoms with van der Waals surface area (Å²) in [5, 5.41) is 1.04. The van der Waals surface area contributed by atoms with Crippen LogP contribution in [0.5, 0.6) is 0 Å².